The third-order valence-electron chi connectivity index (χ3n) is 5.87. The number of hydrogen-bond donors (Lipinski definition) is 0. The highest BCUT2D eigenvalue weighted by atomic mass is 14.0. The molecule has 0 aromatic carbocycles. The lowest BCUT2D eigenvalue weighted by Gasteiger charge is -2.02. The molecule has 0 bridgehead atoms. The summed E-state index contributed by atoms with van der Waals surface area (Å²) in [5.74, 6) is 0. The molecule has 0 aliphatic carbocycles. The minimum absolute atomic E-state index is 1.31. The van der Waals surface area contributed by atoms with Crippen LogP contribution in [0.5, 0.6) is 0 Å². The van der Waals surface area contributed by atoms with E-state index in [1.165, 1.54) is 148 Å². The van der Waals surface area contributed by atoms with Gasteiger partial charge >= 0.3 is 0 Å². The fraction of sp³-hybridized carbons (Fsp3) is 0.926. The molecule has 0 aromatic rings. The second-order valence-corrected chi connectivity index (χ2v) is 8.77. The molecule has 0 atom stereocenters. The molecule has 0 rings (SSSR count). The van der Waals surface area contributed by atoms with Crippen LogP contribution >= 0.6 is 0 Å². The molecule has 27 heavy (non-hydrogen) atoms. The van der Waals surface area contributed by atoms with Crippen molar-refractivity contribution in [1.82, 2.24) is 0 Å². The van der Waals surface area contributed by atoms with Crippen LogP contribution in [0, 0.1) is 0 Å². The van der Waals surface area contributed by atoms with E-state index in [4.69, 9.17) is 0 Å². The van der Waals surface area contributed by atoms with Crippen molar-refractivity contribution >= 4 is 0 Å². The average molecular weight is 379 g/mol. The van der Waals surface area contributed by atoms with Crippen molar-refractivity contribution in [1.29, 1.82) is 0 Å². The Morgan fingerprint density at radius 2 is 0.519 bits per heavy atom. The molecule has 0 saturated heterocycles. The highest BCUT2D eigenvalue weighted by Crippen LogP contribution is 2.13. The van der Waals surface area contributed by atoms with Gasteiger partial charge in [0.05, 0.1) is 0 Å². The van der Waals surface area contributed by atoms with Gasteiger partial charge < -0.3 is 0 Å². The van der Waals surface area contributed by atoms with Crippen molar-refractivity contribution in [3.8, 4) is 0 Å². The highest BCUT2D eigenvalue weighted by Gasteiger charge is 1.94. The van der Waals surface area contributed by atoms with Crippen LogP contribution in [-0.2, 0) is 0 Å². The van der Waals surface area contributed by atoms with Crippen molar-refractivity contribution in [2.75, 3.05) is 0 Å². The van der Waals surface area contributed by atoms with E-state index in [0.717, 1.165) is 0 Å². The van der Waals surface area contributed by atoms with E-state index in [9.17, 15) is 0 Å². The van der Waals surface area contributed by atoms with Gasteiger partial charge in [0.1, 0.15) is 0 Å². The van der Waals surface area contributed by atoms with E-state index >= 15 is 0 Å². The zero-order valence-corrected chi connectivity index (χ0v) is 19.4. The maximum atomic E-state index is 2.44. The number of allylic oxidation sites excluding steroid dienone is 2. The van der Waals surface area contributed by atoms with E-state index in [1.54, 1.807) is 0 Å². The Bertz CT molecular complexity index is 265. The third kappa shape index (κ3) is 25.7. The molecule has 0 saturated carbocycles. The van der Waals surface area contributed by atoms with Gasteiger partial charge in [0, 0.05) is 0 Å². The van der Waals surface area contributed by atoms with Gasteiger partial charge in [-0.3, -0.25) is 0 Å². The standard InChI is InChI=1S/C27H54/c1-3-5-7-9-11-13-15-17-19-21-23-25-27-26-24-22-20-18-16-14-12-10-8-6-4-2/h21,23H,3-20,22,24-27H2,1-2H3. The zero-order chi connectivity index (χ0) is 19.7. The van der Waals surface area contributed by atoms with Crippen LogP contribution in [0.25, 0.3) is 0 Å². The lowest BCUT2D eigenvalue weighted by atomic mass is 10.0. The molecule has 0 N–H and O–H groups in total. The Balaban J connectivity index is 3.04. The summed E-state index contributed by atoms with van der Waals surface area (Å²) >= 11 is 0. The first-order valence-corrected chi connectivity index (χ1v) is 13.1. The summed E-state index contributed by atoms with van der Waals surface area (Å²) in [5.41, 5.74) is 0. The van der Waals surface area contributed by atoms with Crippen molar-refractivity contribution in [2.24, 2.45) is 0 Å². The van der Waals surface area contributed by atoms with Crippen LogP contribution in [-0.4, -0.2) is 0 Å². The van der Waals surface area contributed by atoms with E-state index in [2.05, 4.69) is 26.0 Å². The number of hydrogen-bond acceptors (Lipinski definition) is 0. The molecule has 0 radical (unpaired) electrons. The summed E-state index contributed by atoms with van der Waals surface area (Å²) in [6.07, 6.45) is 37.9. The van der Waals surface area contributed by atoms with Gasteiger partial charge in [0.25, 0.3) is 0 Å². The quantitative estimate of drug-likeness (QED) is 0.122. The minimum Gasteiger partial charge on any atom is -0.0885 e. The third-order valence-corrected chi connectivity index (χ3v) is 5.87. The van der Waals surface area contributed by atoms with Gasteiger partial charge in [0.2, 0.25) is 0 Å². The lowest BCUT2D eigenvalue weighted by molar-refractivity contribution is 0.540. The first-order chi connectivity index (χ1) is 13.4. The van der Waals surface area contributed by atoms with Crippen molar-refractivity contribution in [2.45, 2.75) is 162 Å². The second kappa shape index (κ2) is 25.7. The first kappa shape index (κ1) is 26.7. The predicted molar refractivity (Wildman–Crippen MR) is 127 cm³/mol. The summed E-state index contributed by atoms with van der Waals surface area (Å²) in [5, 5.41) is 0. The molecular formula is C27H54. The normalized spacial score (nSPS) is 11.6. The van der Waals surface area contributed by atoms with E-state index < -0.39 is 0 Å². The van der Waals surface area contributed by atoms with Crippen LogP contribution in [0.2, 0.25) is 0 Å². The van der Waals surface area contributed by atoms with E-state index in [0.29, 0.717) is 0 Å². The maximum absolute atomic E-state index is 2.44. The van der Waals surface area contributed by atoms with Gasteiger partial charge in [-0.2, -0.15) is 0 Å². The summed E-state index contributed by atoms with van der Waals surface area (Å²) in [7, 11) is 0. The van der Waals surface area contributed by atoms with Crippen LogP contribution in [0.4, 0.5) is 0 Å². The molecule has 0 heteroatoms. The predicted octanol–water partition coefficient (Wildman–Crippen LogP) is 10.6. The maximum Gasteiger partial charge on any atom is -0.0351 e. The smallest absolute Gasteiger partial charge is 0.0351 e. The van der Waals surface area contributed by atoms with Crippen LogP contribution < -0.4 is 0 Å². The minimum atomic E-state index is 1.31. The summed E-state index contributed by atoms with van der Waals surface area (Å²) < 4.78 is 0. The molecule has 0 aromatic heterocycles. The van der Waals surface area contributed by atoms with Crippen molar-refractivity contribution in [3.05, 3.63) is 12.2 Å². The Labute approximate surface area is 174 Å². The Morgan fingerprint density at radius 3 is 0.778 bits per heavy atom. The molecule has 162 valence electrons. The SMILES string of the molecule is CCCCCCCCCCC=CCCCCCCCCCCCCCCC. The topological polar surface area (TPSA) is 0 Å². The average Bonchev–Trinajstić information content (AvgIpc) is 2.68. The molecule has 0 fully saturated rings. The fourth-order valence-electron chi connectivity index (χ4n) is 3.91. The van der Waals surface area contributed by atoms with Gasteiger partial charge in [-0.1, -0.05) is 148 Å². The number of rotatable bonds is 23. The van der Waals surface area contributed by atoms with E-state index in [-0.39, 0.29) is 0 Å². The van der Waals surface area contributed by atoms with Crippen molar-refractivity contribution in [3.63, 3.8) is 0 Å². The molecule has 0 aliphatic heterocycles. The van der Waals surface area contributed by atoms with Crippen LogP contribution in [0.3, 0.4) is 0 Å². The van der Waals surface area contributed by atoms with Gasteiger partial charge in [-0.15, -0.1) is 0 Å². The first-order valence-electron chi connectivity index (χ1n) is 13.1. The van der Waals surface area contributed by atoms with E-state index in [1.807, 2.05) is 0 Å². The number of unbranched alkanes of at least 4 members (excludes halogenated alkanes) is 21. The van der Waals surface area contributed by atoms with Crippen LogP contribution in [0.15, 0.2) is 12.2 Å². The Kier molecular flexibility index (Phi) is 25.5. The summed E-state index contributed by atoms with van der Waals surface area (Å²) in [6.45, 7) is 4.60. The van der Waals surface area contributed by atoms with Gasteiger partial charge in [-0.05, 0) is 25.7 Å². The van der Waals surface area contributed by atoms with Crippen LogP contribution in [0.1, 0.15) is 162 Å². The molecule has 0 nitrogen and oxygen atoms in total. The monoisotopic (exact) mass is 378 g/mol. The highest BCUT2D eigenvalue weighted by molar-refractivity contribution is 4.81. The Morgan fingerprint density at radius 1 is 0.296 bits per heavy atom. The Hall–Kier alpha value is -0.260. The second-order valence-electron chi connectivity index (χ2n) is 8.77. The molecule has 0 amide bonds. The van der Waals surface area contributed by atoms with Gasteiger partial charge in [-0.25, -0.2) is 0 Å². The van der Waals surface area contributed by atoms with Gasteiger partial charge in [0.15, 0.2) is 0 Å². The summed E-state index contributed by atoms with van der Waals surface area (Å²) in [6, 6.07) is 0. The largest absolute Gasteiger partial charge is 0.0885 e. The fourth-order valence-corrected chi connectivity index (χ4v) is 3.91. The summed E-state index contributed by atoms with van der Waals surface area (Å²) in [4.78, 5) is 0. The molecule has 0 spiro atoms. The molecular weight excluding hydrogens is 324 g/mol. The lowest BCUT2D eigenvalue weighted by Crippen LogP contribution is -1.82. The molecule has 0 unspecified atom stereocenters. The molecule has 0 aliphatic rings. The molecule has 0 heterocycles. The van der Waals surface area contributed by atoms with Crippen molar-refractivity contribution < 1.29 is 0 Å². The zero-order valence-electron chi connectivity index (χ0n) is 19.4.